The molecule has 1 atom stereocenters. The zero-order chi connectivity index (χ0) is 25.2. The predicted molar refractivity (Wildman–Crippen MR) is 123 cm³/mol. The van der Waals surface area contributed by atoms with Gasteiger partial charge in [0.25, 0.3) is 5.91 Å². The van der Waals surface area contributed by atoms with Gasteiger partial charge in [0.15, 0.2) is 5.69 Å². The summed E-state index contributed by atoms with van der Waals surface area (Å²) >= 11 is 0. The van der Waals surface area contributed by atoms with Gasteiger partial charge in [-0.2, -0.15) is 23.5 Å². The van der Waals surface area contributed by atoms with Crippen molar-refractivity contribution < 1.29 is 23.1 Å². The molecule has 1 amide bonds. The average molecular weight is 476 g/mol. The Hall–Kier alpha value is -4.42. The second-order valence-electron chi connectivity index (χ2n) is 7.96. The fourth-order valence-corrected chi connectivity index (χ4v) is 3.61. The minimum absolute atomic E-state index is 0.130. The molecule has 3 aromatic carbocycles. The Kier molecular flexibility index (Phi) is 6.16. The molecule has 1 heterocycles. The molecule has 176 valence electrons. The minimum atomic E-state index is -4.78. The number of nitrogens with zero attached hydrogens (tertiary/aromatic N) is 3. The molecule has 0 radical (unpaired) electrons. The average Bonchev–Trinajstić information content (AvgIpc) is 3.31. The third kappa shape index (κ3) is 4.93. The van der Waals surface area contributed by atoms with Crippen LogP contribution in [0.15, 0.2) is 84.9 Å². The number of aliphatic hydroxyl groups is 1. The van der Waals surface area contributed by atoms with E-state index < -0.39 is 23.4 Å². The molecule has 0 aliphatic carbocycles. The van der Waals surface area contributed by atoms with Crippen molar-refractivity contribution in [3.63, 3.8) is 0 Å². The molecule has 0 saturated heterocycles. The number of hydrogen-bond acceptors (Lipinski definition) is 4. The van der Waals surface area contributed by atoms with E-state index in [0.717, 1.165) is 4.68 Å². The summed E-state index contributed by atoms with van der Waals surface area (Å²) in [7, 11) is 0. The number of nitrogens with one attached hydrogen (secondary N) is 1. The van der Waals surface area contributed by atoms with E-state index in [1.807, 2.05) is 12.1 Å². The number of aromatic nitrogens is 2. The number of benzene rings is 3. The van der Waals surface area contributed by atoms with Gasteiger partial charge >= 0.3 is 6.18 Å². The van der Waals surface area contributed by atoms with Crippen molar-refractivity contribution in [2.45, 2.75) is 18.7 Å². The second-order valence-corrected chi connectivity index (χ2v) is 7.96. The smallest absolute Gasteiger partial charge is 0.381 e. The van der Waals surface area contributed by atoms with E-state index in [-0.39, 0.29) is 22.6 Å². The van der Waals surface area contributed by atoms with Crippen LogP contribution in [0.25, 0.3) is 5.69 Å². The first-order chi connectivity index (χ1) is 16.6. The third-order valence-corrected chi connectivity index (χ3v) is 5.47. The van der Waals surface area contributed by atoms with Gasteiger partial charge in [0, 0.05) is 11.8 Å². The summed E-state index contributed by atoms with van der Waals surface area (Å²) < 4.78 is 41.0. The highest BCUT2D eigenvalue weighted by molar-refractivity contribution is 6.03. The summed E-state index contributed by atoms with van der Waals surface area (Å²) in [5.41, 5.74) is -1.26. The van der Waals surface area contributed by atoms with Crippen LogP contribution in [0, 0.1) is 11.3 Å². The fraction of sp³-hybridized carbons (Fsp3) is 0.115. The second kappa shape index (κ2) is 9.08. The summed E-state index contributed by atoms with van der Waals surface area (Å²) in [6, 6.07) is 23.6. The van der Waals surface area contributed by atoms with Crippen LogP contribution >= 0.6 is 0 Å². The van der Waals surface area contributed by atoms with Crippen molar-refractivity contribution in [1.29, 1.82) is 5.26 Å². The number of anilines is 1. The first-order valence-corrected chi connectivity index (χ1v) is 10.5. The van der Waals surface area contributed by atoms with Crippen LogP contribution in [0.1, 0.15) is 39.8 Å². The van der Waals surface area contributed by atoms with Crippen molar-refractivity contribution in [1.82, 2.24) is 9.78 Å². The summed E-state index contributed by atoms with van der Waals surface area (Å²) in [5.74, 6) is -0.841. The van der Waals surface area contributed by atoms with Gasteiger partial charge in [-0.15, -0.1) is 0 Å². The van der Waals surface area contributed by atoms with Crippen LogP contribution in [0.2, 0.25) is 0 Å². The number of nitriles is 1. The summed E-state index contributed by atoms with van der Waals surface area (Å²) in [4.78, 5) is 13.1. The molecule has 35 heavy (non-hydrogen) atoms. The highest BCUT2D eigenvalue weighted by atomic mass is 19.4. The van der Waals surface area contributed by atoms with E-state index in [1.165, 1.54) is 24.3 Å². The van der Waals surface area contributed by atoms with Crippen molar-refractivity contribution in [3.05, 3.63) is 113 Å². The van der Waals surface area contributed by atoms with Gasteiger partial charge < -0.3 is 10.4 Å². The van der Waals surface area contributed by atoms with Gasteiger partial charge in [-0.1, -0.05) is 48.5 Å². The van der Waals surface area contributed by atoms with E-state index in [0.29, 0.717) is 17.2 Å². The van der Waals surface area contributed by atoms with Crippen LogP contribution in [0.5, 0.6) is 0 Å². The lowest BCUT2D eigenvalue weighted by molar-refractivity contribution is -0.141. The molecule has 1 aromatic heterocycles. The first kappa shape index (κ1) is 23.7. The Balaban J connectivity index is 1.70. The van der Waals surface area contributed by atoms with Gasteiger partial charge in [-0.25, -0.2) is 4.68 Å². The summed E-state index contributed by atoms with van der Waals surface area (Å²) in [5, 5.41) is 26.4. The third-order valence-electron chi connectivity index (χ3n) is 5.47. The van der Waals surface area contributed by atoms with E-state index in [4.69, 9.17) is 5.26 Å². The van der Waals surface area contributed by atoms with Crippen LogP contribution in [0.3, 0.4) is 0 Å². The Bertz CT molecular complexity index is 1420. The molecule has 0 spiro atoms. The largest absolute Gasteiger partial charge is 0.435 e. The monoisotopic (exact) mass is 476 g/mol. The number of carbonyl (C=O) groups is 1. The van der Waals surface area contributed by atoms with Gasteiger partial charge in [-0.05, 0) is 48.4 Å². The van der Waals surface area contributed by atoms with Gasteiger partial charge in [-0.3, -0.25) is 4.79 Å². The maximum Gasteiger partial charge on any atom is 0.435 e. The maximum atomic E-state index is 13.4. The number of alkyl halides is 3. The lowest BCUT2D eigenvalue weighted by Gasteiger charge is -2.25. The Morgan fingerprint density at radius 1 is 0.971 bits per heavy atom. The molecular weight excluding hydrogens is 457 g/mol. The normalized spacial score (nSPS) is 13.0. The SMILES string of the molecule is CC(O)(c1ccccc1)c1cccc(NC(=O)c2cc(C(F)(F)F)nn2-c2cccc(C#N)c2)c1. The standard InChI is InChI=1S/C26H19F3N4O2/c1-25(35,18-8-3-2-4-9-18)19-10-6-11-20(14-19)31-24(34)22-15-23(26(27,28)29)32-33(22)21-12-5-7-17(13-21)16-30/h2-15,35H,1H3,(H,31,34). The fourth-order valence-electron chi connectivity index (χ4n) is 3.61. The molecule has 0 aliphatic heterocycles. The number of halogens is 3. The molecule has 0 aliphatic rings. The van der Waals surface area contributed by atoms with Crippen molar-refractivity contribution >= 4 is 11.6 Å². The van der Waals surface area contributed by atoms with Crippen molar-refractivity contribution in [2.24, 2.45) is 0 Å². The van der Waals surface area contributed by atoms with E-state index in [9.17, 15) is 23.1 Å². The molecule has 6 nitrogen and oxygen atoms in total. The topological polar surface area (TPSA) is 90.9 Å². The van der Waals surface area contributed by atoms with E-state index >= 15 is 0 Å². The van der Waals surface area contributed by atoms with Gasteiger partial charge in [0.2, 0.25) is 0 Å². The van der Waals surface area contributed by atoms with Gasteiger partial charge in [0.05, 0.1) is 17.3 Å². The zero-order valence-electron chi connectivity index (χ0n) is 18.4. The minimum Gasteiger partial charge on any atom is -0.381 e. The molecule has 0 bridgehead atoms. The summed E-state index contributed by atoms with van der Waals surface area (Å²) in [6.07, 6.45) is -4.78. The van der Waals surface area contributed by atoms with Crippen LogP contribution in [-0.4, -0.2) is 20.8 Å². The number of amides is 1. The zero-order valence-corrected chi connectivity index (χ0v) is 18.4. The van der Waals surface area contributed by atoms with Crippen LogP contribution in [0.4, 0.5) is 18.9 Å². The Morgan fingerprint density at radius 2 is 1.66 bits per heavy atom. The van der Waals surface area contributed by atoms with E-state index in [2.05, 4.69) is 10.4 Å². The predicted octanol–water partition coefficient (Wildman–Crippen LogP) is 5.27. The van der Waals surface area contributed by atoms with Crippen LogP contribution in [-0.2, 0) is 11.8 Å². The lowest BCUT2D eigenvalue weighted by atomic mass is 9.88. The highest BCUT2D eigenvalue weighted by Crippen LogP contribution is 2.32. The van der Waals surface area contributed by atoms with Crippen molar-refractivity contribution in [3.8, 4) is 11.8 Å². The number of carbonyl (C=O) groups excluding carboxylic acids is 1. The lowest BCUT2D eigenvalue weighted by Crippen LogP contribution is -2.23. The Labute approximate surface area is 198 Å². The number of rotatable bonds is 5. The van der Waals surface area contributed by atoms with E-state index in [1.54, 1.807) is 55.5 Å². The molecule has 2 N–H and O–H groups in total. The number of hydrogen-bond donors (Lipinski definition) is 2. The molecule has 0 fully saturated rings. The quantitative estimate of drug-likeness (QED) is 0.411. The molecule has 4 aromatic rings. The molecular formula is C26H19F3N4O2. The molecule has 1 unspecified atom stereocenters. The first-order valence-electron chi connectivity index (χ1n) is 10.5. The maximum absolute atomic E-state index is 13.4. The van der Waals surface area contributed by atoms with Gasteiger partial charge in [0.1, 0.15) is 11.3 Å². The molecule has 0 saturated carbocycles. The molecule has 4 rings (SSSR count). The summed E-state index contributed by atoms with van der Waals surface area (Å²) in [6.45, 7) is 1.61. The Morgan fingerprint density at radius 3 is 2.34 bits per heavy atom. The highest BCUT2D eigenvalue weighted by Gasteiger charge is 2.36. The van der Waals surface area contributed by atoms with Crippen molar-refractivity contribution in [2.75, 3.05) is 5.32 Å². The molecule has 9 heteroatoms. The van der Waals surface area contributed by atoms with Crippen LogP contribution < -0.4 is 5.32 Å².